The molecule has 28 heavy (non-hydrogen) atoms. The van der Waals surface area contributed by atoms with Crippen LogP contribution >= 0.6 is 15.9 Å². The Bertz CT molecular complexity index is 1150. The van der Waals surface area contributed by atoms with Crippen LogP contribution in [0.15, 0.2) is 65.1 Å². The van der Waals surface area contributed by atoms with Gasteiger partial charge in [0, 0.05) is 5.56 Å². The lowest BCUT2D eigenvalue weighted by molar-refractivity contribution is 0.242. The second kappa shape index (κ2) is 7.24. The fourth-order valence-electron chi connectivity index (χ4n) is 3.54. The fraction of sp³-hybridized carbons (Fsp3) is 0.143. The predicted octanol–water partition coefficient (Wildman–Crippen LogP) is 4.40. The molecule has 0 bridgehead atoms. The molecule has 7 heteroatoms. The van der Waals surface area contributed by atoms with Crippen LogP contribution in [-0.4, -0.2) is 15.5 Å². The van der Waals surface area contributed by atoms with Crippen LogP contribution in [0.2, 0.25) is 0 Å². The lowest BCUT2D eigenvalue weighted by Crippen LogP contribution is -2.18. The van der Waals surface area contributed by atoms with Gasteiger partial charge in [-0.15, -0.1) is 0 Å². The monoisotopic (exact) mass is 459 g/mol. The van der Waals surface area contributed by atoms with Gasteiger partial charge in [0.1, 0.15) is 17.6 Å². The second-order valence-corrected chi connectivity index (χ2v) is 9.06. The summed E-state index contributed by atoms with van der Waals surface area (Å²) >= 11 is 3.53. The maximum absolute atomic E-state index is 11.6. The number of primary sulfonamides is 1. The zero-order chi connectivity index (χ0) is 19.9. The number of rotatable bonds is 4. The third-order valence-electron chi connectivity index (χ3n) is 4.66. The van der Waals surface area contributed by atoms with Crippen molar-refractivity contribution in [3.63, 3.8) is 0 Å². The molecule has 0 amide bonds. The van der Waals surface area contributed by atoms with Crippen molar-refractivity contribution < 1.29 is 17.9 Å². The van der Waals surface area contributed by atoms with E-state index in [0.29, 0.717) is 17.1 Å². The summed E-state index contributed by atoms with van der Waals surface area (Å²) in [7, 11) is -2.03. The highest BCUT2D eigenvalue weighted by Gasteiger charge is 2.31. The molecule has 2 N–H and O–H groups in total. The molecule has 1 heterocycles. The SMILES string of the molecule is COc1c(Br)ccc2c1-c1ccc(CS(N)(=O)=O)cc1C(c1ccccc1)O2. The van der Waals surface area contributed by atoms with Gasteiger partial charge in [-0.2, -0.15) is 0 Å². The third kappa shape index (κ3) is 3.53. The molecular weight excluding hydrogens is 442 g/mol. The Morgan fingerprint density at radius 1 is 1.11 bits per heavy atom. The average molecular weight is 460 g/mol. The van der Waals surface area contributed by atoms with E-state index < -0.39 is 10.0 Å². The molecule has 1 atom stereocenters. The molecule has 1 aliphatic rings. The Hall–Kier alpha value is -2.35. The van der Waals surface area contributed by atoms with Gasteiger partial charge >= 0.3 is 0 Å². The number of benzene rings is 3. The van der Waals surface area contributed by atoms with Crippen molar-refractivity contribution >= 4 is 26.0 Å². The van der Waals surface area contributed by atoms with Crippen LogP contribution in [0.4, 0.5) is 0 Å². The van der Waals surface area contributed by atoms with E-state index >= 15 is 0 Å². The lowest BCUT2D eigenvalue weighted by Gasteiger charge is -2.31. The largest absolute Gasteiger partial charge is 0.495 e. The molecule has 144 valence electrons. The highest BCUT2D eigenvalue weighted by molar-refractivity contribution is 9.10. The number of methoxy groups -OCH3 is 1. The molecule has 4 rings (SSSR count). The van der Waals surface area contributed by atoms with Crippen molar-refractivity contribution in [2.75, 3.05) is 7.11 Å². The summed E-state index contributed by atoms with van der Waals surface area (Å²) in [4.78, 5) is 0. The molecule has 0 aromatic heterocycles. The average Bonchev–Trinajstić information content (AvgIpc) is 2.66. The summed E-state index contributed by atoms with van der Waals surface area (Å²) in [6.07, 6.45) is -0.366. The minimum Gasteiger partial charge on any atom is -0.495 e. The molecule has 0 saturated carbocycles. The number of nitrogens with two attached hydrogens (primary N) is 1. The van der Waals surface area contributed by atoms with Gasteiger partial charge in [0.2, 0.25) is 10.0 Å². The highest BCUT2D eigenvalue weighted by atomic mass is 79.9. The van der Waals surface area contributed by atoms with E-state index in [1.54, 1.807) is 13.2 Å². The number of ether oxygens (including phenoxy) is 2. The Kier molecular flexibility index (Phi) is 4.91. The molecule has 3 aromatic carbocycles. The summed E-state index contributed by atoms with van der Waals surface area (Å²) < 4.78 is 35.9. The zero-order valence-electron chi connectivity index (χ0n) is 15.1. The van der Waals surface area contributed by atoms with Crippen LogP contribution in [0.3, 0.4) is 0 Å². The first kappa shape index (κ1) is 19.0. The molecule has 0 fully saturated rings. The minimum absolute atomic E-state index is 0.232. The number of fused-ring (bicyclic) bond motifs is 3. The topological polar surface area (TPSA) is 78.6 Å². The van der Waals surface area contributed by atoms with E-state index in [1.165, 1.54) is 0 Å². The summed E-state index contributed by atoms with van der Waals surface area (Å²) in [5.41, 5.74) is 4.23. The Morgan fingerprint density at radius 2 is 1.86 bits per heavy atom. The number of halogens is 1. The van der Waals surface area contributed by atoms with E-state index in [0.717, 1.165) is 26.7 Å². The predicted molar refractivity (Wildman–Crippen MR) is 112 cm³/mol. The minimum atomic E-state index is -3.64. The number of hydrogen-bond acceptors (Lipinski definition) is 4. The molecule has 0 spiro atoms. The second-order valence-electron chi connectivity index (χ2n) is 6.59. The molecular formula is C21H18BrNO4S. The van der Waals surface area contributed by atoms with Crippen LogP contribution in [0.25, 0.3) is 11.1 Å². The Balaban J connectivity index is 1.95. The molecule has 1 unspecified atom stereocenters. The van der Waals surface area contributed by atoms with Crippen LogP contribution in [0, 0.1) is 0 Å². The van der Waals surface area contributed by atoms with E-state index in [9.17, 15) is 8.42 Å². The smallest absolute Gasteiger partial charge is 0.213 e. The standard InChI is InChI=1S/C21H18BrNO4S/c1-26-21-17(22)9-10-18-19(21)15-8-7-13(12-28(23,24)25)11-16(15)20(27-18)14-5-3-2-4-6-14/h2-11,20H,12H2,1H3,(H2,23,24,25). The zero-order valence-corrected chi connectivity index (χ0v) is 17.5. The van der Waals surface area contributed by atoms with Crippen molar-refractivity contribution in [1.29, 1.82) is 0 Å². The van der Waals surface area contributed by atoms with Gasteiger partial charge in [-0.05, 0) is 44.8 Å². The van der Waals surface area contributed by atoms with Gasteiger partial charge in [0.25, 0.3) is 0 Å². The summed E-state index contributed by atoms with van der Waals surface area (Å²) in [6, 6.07) is 19.1. The Morgan fingerprint density at radius 3 is 2.54 bits per heavy atom. The van der Waals surface area contributed by atoms with Crippen LogP contribution in [-0.2, 0) is 15.8 Å². The van der Waals surface area contributed by atoms with Crippen LogP contribution < -0.4 is 14.6 Å². The highest BCUT2D eigenvalue weighted by Crippen LogP contribution is 2.51. The fourth-order valence-corrected chi connectivity index (χ4v) is 4.67. The molecule has 0 radical (unpaired) electrons. The molecule has 0 saturated heterocycles. The van der Waals surface area contributed by atoms with Crippen molar-refractivity contribution in [3.05, 3.63) is 81.8 Å². The van der Waals surface area contributed by atoms with Crippen molar-refractivity contribution in [2.24, 2.45) is 5.14 Å². The van der Waals surface area contributed by atoms with E-state index in [4.69, 9.17) is 14.6 Å². The van der Waals surface area contributed by atoms with Gasteiger partial charge in [-0.1, -0.05) is 48.5 Å². The first-order chi connectivity index (χ1) is 13.4. The van der Waals surface area contributed by atoms with Gasteiger partial charge in [0.15, 0.2) is 0 Å². The van der Waals surface area contributed by atoms with E-state index in [-0.39, 0.29) is 11.9 Å². The number of hydrogen-bond donors (Lipinski definition) is 1. The van der Waals surface area contributed by atoms with Crippen LogP contribution in [0.1, 0.15) is 22.8 Å². The summed E-state index contributed by atoms with van der Waals surface area (Å²) in [5, 5.41) is 5.25. The summed E-state index contributed by atoms with van der Waals surface area (Å²) in [6.45, 7) is 0. The normalized spacial score (nSPS) is 15.3. The van der Waals surface area contributed by atoms with Crippen molar-refractivity contribution in [2.45, 2.75) is 11.9 Å². The van der Waals surface area contributed by atoms with Gasteiger partial charge in [-0.25, -0.2) is 13.6 Å². The van der Waals surface area contributed by atoms with Crippen LogP contribution in [0.5, 0.6) is 11.5 Å². The molecule has 3 aromatic rings. The molecule has 5 nitrogen and oxygen atoms in total. The first-order valence-electron chi connectivity index (χ1n) is 8.59. The van der Waals surface area contributed by atoms with Gasteiger partial charge in [0.05, 0.1) is 22.9 Å². The lowest BCUT2D eigenvalue weighted by atomic mass is 9.88. The maximum atomic E-state index is 11.6. The molecule has 1 aliphatic heterocycles. The quantitative estimate of drug-likeness (QED) is 0.626. The Labute approximate surface area is 172 Å². The van der Waals surface area contributed by atoms with Gasteiger partial charge < -0.3 is 9.47 Å². The first-order valence-corrected chi connectivity index (χ1v) is 11.1. The van der Waals surface area contributed by atoms with E-state index in [1.807, 2.05) is 54.6 Å². The summed E-state index contributed by atoms with van der Waals surface area (Å²) in [5.74, 6) is 1.15. The van der Waals surface area contributed by atoms with E-state index in [2.05, 4.69) is 15.9 Å². The number of sulfonamides is 1. The van der Waals surface area contributed by atoms with Crippen molar-refractivity contribution in [3.8, 4) is 22.6 Å². The van der Waals surface area contributed by atoms with Gasteiger partial charge in [-0.3, -0.25) is 0 Å². The molecule has 0 aliphatic carbocycles. The third-order valence-corrected chi connectivity index (χ3v) is 6.02. The maximum Gasteiger partial charge on any atom is 0.213 e. The van der Waals surface area contributed by atoms with Crippen molar-refractivity contribution in [1.82, 2.24) is 0 Å².